The summed E-state index contributed by atoms with van der Waals surface area (Å²) < 4.78 is 0. The Balaban J connectivity index is 1.60. The van der Waals surface area contributed by atoms with Gasteiger partial charge in [0.25, 0.3) is 0 Å². The second kappa shape index (κ2) is 7.29. The minimum absolute atomic E-state index is 0.00938. The van der Waals surface area contributed by atoms with Crippen LogP contribution in [0.1, 0.15) is 72.4 Å². The minimum atomic E-state index is 0.00938. The van der Waals surface area contributed by atoms with Gasteiger partial charge in [-0.25, -0.2) is 0 Å². The molecule has 3 aromatic rings. The van der Waals surface area contributed by atoms with Gasteiger partial charge in [0, 0.05) is 0 Å². The molecule has 182 valence electrons. The molecule has 0 heterocycles. The van der Waals surface area contributed by atoms with E-state index in [4.69, 9.17) is 0 Å². The van der Waals surface area contributed by atoms with Crippen LogP contribution in [0, 0.1) is 32.6 Å². The molecular weight excluding hydrogens is 432 g/mol. The van der Waals surface area contributed by atoms with Crippen LogP contribution < -0.4 is 0 Å². The zero-order chi connectivity index (χ0) is 24.8. The standard InChI is InChI=1S/C32H36O3/c1-19-11-24(5-8-27(19)33)30-14-23-15-31(17-30,25-6-9-28(34)20(2)12-25)22(4)32(16-23,18-30)26-7-10-29(35)21(3)13-26/h5-13,22-23,33-35H,14-18H2,1-4H3. The topological polar surface area (TPSA) is 60.7 Å². The van der Waals surface area contributed by atoms with Crippen molar-refractivity contribution in [1.29, 1.82) is 0 Å². The van der Waals surface area contributed by atoms with Crippen LogP contribution in [0.5, 0.6) is 17.2 Å². The Kier molecular flexibility index (Phi) is 4.69. The molecule has 0 amide bonds. The van der Waals surface area contributed by atoms with E-state index >= 15 is 0 Å². The Hall–Kier alpha value is -2.94. The summed E-state index contributed by atoms with van der Waals surface area (Å²) in [6, 6.07) is 18.8. The predicted octanol–water partition coefficient (Wildman–Crippen LogP) is 7.09. The highest BCUT2D eigenvalue weighted by Gasteiger charge is 2.68. The van der Waals surface area contributed by atoms with E-state index < -0.39 is 0 Å². The van der Waals surface area contributed by atoms with Crippen LogP contribution in [-0.2, 0) is 16.2 Å². The summed E-state index contributed by atoms with van der Waals surface area (Å²) in [7, 11) is 0. The summed E-state index contributed by atoms with van der Waals surface area (Å²) >= 11 is 0. The third-order valence-electron chi connectivity index (χ3n) is 10.3. The van der Waals surface area contributed by atoms with Gasteiger partial charge in [0.05, 0.1) is 0 Å². The quantitative estimate of drug-likeness (QED) is 0.385. The molecule has 4 bridgehead atoms. The van der Waals surface area contributed by atoms with E-state index in [1.807, 2.05) is 39.0 Å². The van der Waals surface area contributed by atoms with Crippen molar-refractivity contribution in [2.45, 2.75) is 76.0 Å². The normalized spacial score (nSPS) is 33.3. The number of rotatable bonds is 3. The Morgan fingerprint density at radius 3 is 1.43 bits per heavy atom. The second-order valence-electron chi connectivity index (χ2n) is 12.2. The summed E-state index contributed by atoms with van der Waals surface area (Å²) in [6.07, 6.45) is 5.71. The molecule has 2 unspecified atom stereocenters. The predicted molar refractivity (Wildman–Crippen MR) is 139 cm³/mol. The molecule has 3 N–H and O–H groups in total. The smallest absolute Gasteiger partial charge is 0.118 e. The second-order valence-corrected chi connectivity index (χ2v) is 12.2. The molecule has 3 aromatic carbocycles. The largest absolute Gasteiger partial charge is 0.508 e. The number of aromatic hydroxyl groups is 3. The van der Waals surface area contributed by atoms with Crippen molar-refractivity contribution in [3.63, 3.8) is 0 Å². The molecule has 35 heavy (non-hydrogen) atoms. The fourth-order valence-corrected chi connectivity index (χ4v) is 8.72. The van der Waals surface area contributed by atoms with E-state index in [9.17, 15) is 15.3 Å². The number of hydrogen-bond donors (Lipinski definition) is 3. The van der Waals surface area contributed by atoms with Crippen molar-refractivity contribution < 1.29 is 15.3 Å². The van der Waals surface area contributed by atoms with E-state index in [-0.39, 0.29) is 16.2 Å². The van der Waals surface area contributed by atoms with Crippen molar-refractivity contribution in [3.8, 4) is 17.2 Å². The highest BCUT2D eigenvalue weighted by Crippen LogP contribution is 2.73. The summed E-state index contributed by atoms with van der Waals surface area (Å²) in [4.78, 5) is 0. The van der Waals surface area contributed by atoms with Crippen molar-refractivity contribution >= 4 is 0 Å². The van der Waals surface area contributed by atoms with Crippen molar-refractivity contribution in [2.75, 3.05) is 0 Å². The average molecular weight is 469 g/mol. The van der Waals surface area contributed by atoms with Crippen molar-refractivity contribution in [3.05, 3.63) is 88.0 Å². The highest BCUT2D eigenvalue weighted by atomic mass is 16.3. The summed E-state index contributed by atoms with van der Waals surface area (Å²) in [5.74, 6) is 2.11. The van der Waals surface area contributed by atoms with Crippen molar-refractivity contribution in [1.82, 2.24) is 0 Å². The first-order valence-electron chi connectivity index (χ1n) is 13.0. The van der Waals surface area contributed by atoms with E-state index in [1.54, 1.807) is 0 Å². The maximum atomic E-state index is 10.3. The van der Waals surface area contributed by atoms with Crippen LogP contribution in [0.15, 0.2) is 54.6 Å². The third kappa shape index (κ3) is 3.03. The molecular formula is C32H36O3. The van der Waals surface area contributed by atoms with E-state index in [2.05, 4.69) is 43.3 Å². The average Bonchev–Trinajstić information content (AvgIpc) is 2.82. The molecule has 0 spiro atoms. The van der Waals surface area contributed by atoms with Gasteiger partial charge >= 0.3 is 0 Å². The maximum absolute atomic E-state index is 10.3. The van der Waals surface area contributed by atoms with E-state index in [1.165, 1.54) is 36.0 Å². The first kappa shape index (κ1) is 22.5. The number of hydrogen-bond acceptors (Lipinski definition) is 3. The van der Waals surface area contributed by atoms with Gasteiger partial charge in [-0.2, -0.15) is 0 Å². The van der Waals surface area contributed by atoms with E-state index in [0.717, 1.165) is 29.5 Å². The van der Waals surface area contributed by atoms with Gasteiger partial charge in [-0.3, -0.25) is 0 Å². The summed E-state index contributed by atoms with van der Waals surface area (Å²) in [5, 5.41) is 30.9. The van der Waals surface area contributed by atoms with Crippen LogP contribution in [0.25, 0.3) is 0 Å². The Morgan fingerprint density at radius 2 is 1.00 bits per heavy atom. The van der Waals surface area contributed by atoms with Gasteiger partial charge in [0.2, 0.25) is 0 Å². The van der Waals surface area contributed by atoms with Gasteiger partial charge < -0.3 is 15.3 Å². The van der Waals surface area contributed by atoms with E-state index in [0.29, 0.717) is 29.1 Å². The van der Waals surface area contributed by atoms with Crippen LogP contribution in [0.4, 0.5) is 0 Å². The third-order valence-corrected chi connectivity index (χ3v) is 10.3. The van der Waals surface area contributed by atoms with Crippen molar-refractivity contribution in [2.24, 2.45) is 11.8 Å². The lowest BCUT2D eigenvalue weighted by atomic mass is 9.33. The first-order valence-corrected chi connectivity index (χ1v) is 13.0. The maximum Gasteiger partial charge on any atom is 0.118 e. The molecule has 7 rings (SSSR count). The Morgan fingerprint density at radius 1 is 0.600 bits per heavy atom. The lowest BCUT2D eigenvalue weighted by molar-refractivity contribution is -0.0946. The minimum Gasteiger partial charge on any atom is -0.508 e. The fraction of sp³-hybridized carbons (Fsp3) is 0.438. The molecule has 0 saturated heterocycles. The van der Waals surface area contributed by atoms with Crippen LogP contribution in [0.3, 0.4) is 0 Å². The summed E-state index contributed by atoms with van der Waals surface area (Å²) in [5.41, 5.74) is 6.92. The molecule has 3 nitrogen and oxygen atoms in total. The molecule has 2 atom stereocenters. The fourth-order valence-electron chi connectivity index (χ4n) is 8.72. The molecule has 4 fully saturated rings. The lowest BCUT2D eigenvalue weighted by Gasteiger charge is -2.70. The monoisotopic (exact) mass is 468 g/mol. The van der Waals surface area contributed by atoms with Gasteiger partial charge in [0.15, 0.2) is 0 Å². The number of aryl methyl sites for hydroxylation is 3. The number of phenolic OH excluding ortho intramolecular Hbond substituents is 3. The van der Waals surface area contributed by atoms with Gasteiger partial charge in [-0.05, 0) is 133 Å². The number of phenols is 3. The Bertz CT molecular complexity index is 1270. The molecule has 0 aromatic heterocycles. The van der Waals surface area contributed by atoms with Crippen LogP contribution >= 0.6 is 0 Å². The van der Waals surface area contributed by atoms with Crippen LogP contribution in [0.2, 0.25) is 0 Å². The first-order chi connectivity index (χ1) is 16.6. The number of benzene rings is 3. The Labute approximate surface area is 208 Å². The molecule has 3 heteroatoms. The highest BCUT2D eigenvalue weighted by molar-refractivity contribution is 5.50. The zero-order valence-corrected chi connectivity index (χ0v) is 21.2. The van der Waals surface area contributed by atoms with Crippen LogP contribution in [-0.4, -0.2) is 15.3 Å². The summed E-state index contributed by atoms with van der Waals surface area (Å²) in [6.45, 7) is 8.46. The molecule has 4 aliphatic rings. The molecule has 4 saturated carbocycles. The van der Waals surface area contributed by atoms with Gasteiger partial charge in [-0.15, -0.1) is 0 Å². The molecule has 4 aliphatic carbocycles. The van der Waals surface area contributed by atoms with Gasteiger partial charge in [-0.1, -0.05) is 43.3 Å². The SMILES string of the molecule is Cc1cc(C23CC4CC(c5ccc(O)c(C)c5)(C2)C(C)C(c2ccc(O)c(C)c2)(C4)C3)ccc1O. The zero-order valence-electron chi connectivity index (χ0n) is 21.2. The molecule has 0 radical (unpaired) electrons. The lowest BCUT2D eigenvalue weighted by Crippen LogP contribution is -2.66. The molecule has 0 aliphatic heterocycles. The van der Waals surface area contributed by atoms with Gasteiger partial charge in [0.1, 0.15) is 17.2 Å².